The molecule has 2 aliphatic rings. The molecule has 0 saturated carbocycles. The molecule has 2 aliphatic heterocycles. The number of hydrogen-bond donors (Lipinski definition) is 1. The van der Waals surface area contributed by atoms with E-state index in [0.717, 1.165) is 43.9 Å². The van der Waals surface area contributed by atoms with Gasteiger partial charge in [0.05, 0.1) is 36.3 Å². The smallest absolute Gasteiger partial charge is 0.223 e. The molecule has 2 fully saturated rings. The average molecular weight is 344 g/mol. The molecule has 0 aliphatic carbocycles. The quantitative estimate of drug-likeness (QED) is 0.912. The Morgan fingerprint density at radius 3 is 2.88 bits per heavy atom. The van der Waals surface area contributed by atoms with Crippen molar-refractivity contribution in [2.75, 3.05) is 29.9 Å². The monoisotopic (exact) mass is 344 g/mol. The topological polar surface area (TPSA) is 76.1 Å². The standard InChI is InChI=1S/C17H21FN6O/c1-12-3-4-15(23-22-12)24-6-2-5-17(11-24)7-14(10-25-17)21-16-19-8-13(18)9-20-16/h3-4,8-9,14H,2,5-7,10-11H2,1H3,(H,19,20,21)/t14-,17+/m1/s1. The largest absolute Gasteiger partial charge is 0.371 e. The highest BCUT2D eigenvalue weighted by Gasteiger charge is 2.44. The Labute approximate surface area is 145 Å². The number of piperidine rings is 1. The fraction of sp³-hybridized carbons (Fsp3) is 0.529. The van der Waals surface area contributed by atoms with E-state index in [1.54, 1.807) is 0 Å². The number of nitrogens with zero attached hydrogens (tertiary/aromatic N) is 5. The molecule has 8 heteroatoms. The van der Waals surface area contributed by atoms with Gasteiger partial charge in [0.1, 0.15) is 0 Å². The number of halogens is 1. The normalized spacial score (nSPS) is 26.2. The maximum atomic E-state index is 12.9. The fourth-order valence-electron chi connectivity index (χ4n) is 3.64. The lowest BCUT2D eigenvalue weighted by atomic mass is 9.88. The van der Waals surface area contributed by atoms with Gasteiger partial charge < -0.3 is 15.0 Å². The first-order valence-electron chi connectivity index (χ1n) is 8.55. The highest BCUT2D eigenvalue weighted by Crippen LogP contribution is 2.36. The van der Waals surface area contributed by atoms with Crippen molar-refractivity contribution in [3.8, 4) is 0 Å². The number of aromatic nitrogens is 4. The molecule has 0 aromatic carbocycles. The van der Waals surface area contributed by atoms with Crippen LogP contribution in [0.2, 0.25) is 0 Å². The van der Waals surface area contributed by atoms with E-state index in [4.69, 9.17) is 4.74 Å². The van der Waals surface area contributed by atoms with Gasteiger partial charge in [-0.25, -0.2) is 14.4 Å². The molecule has 1 N–H and O–H groups in total. The van der Waals surface area contributed by atoms with Gasteiger partial charge in [-0.15, -0.1) is 5.10 Å². The van der Waals surface area contributed by atoms with Crippen molar-refractivity contribution in [2.45, 2.75) is 37.8 Å². The van der Waals surface area contributed by atoms with Crippen LogP contribution >= 0.6 is 0 Å². The minimum Gasteiger partial charge on any atom is -0.371 e. The number of aryl methyl sites for hydroxylation is 1. The predicted molar refractivity (Wildman–Crippen MR) is 90.9 cm³/mol. The molecule has 0 bridgehead atoms. The van der Waals surface area contributed by atoms with Gasteiger partial charge in [0.25, 0.3) is 0 Å². The molecular weight excluding hydrogens is 323 g/mol. The maximum Gasteiger partial charge on any atom is 0.223 e. The van der Waals surface area contributed by atoms with Crippen molar-refractivity contribution < 1.29 is 9.13 Å². The van der Waals surface area contributed by atoms with Crippen molar-refractivity contribution in [2.24, 2.45) is 0 Å². The van der Waals surface area contributed by atoms with Crippen molar-refractivity contribution in [1.29, 1.82) is 0 Å². The van der Waals surface area contributed by atoms with Gasteiger partial charge in [-0.3, -0.25) is 0 Å². The Hall–Kier alpha value is -2.35. The van der Waals surface area contributed by atoms with Gasteiger partial charge in [-0.2, -0.15) is 5.10 Å². The molecule has 0 unspecified atom stereocenters. The maximum absolute atomic E-state index is 12.9. The third kappa shape index (κ3) is 3.53. The third-order valence-electron chi connectivity index (χ3n) is 4.81. The average Bonchev–Trinajstić information content (AvgIpc) is 2.99. The Morgan fingerprint density at radius 1 is 1.28 bits per heavy atom. The second-order valence-electron chi connectivity index (χ2n) is 6.82. The number of nitrogens with one attached hydrogen (secondary N) is 1. The Balaban J connectivity index is 1.42. The van der Waals surface area contributed by atoms with Gasteiger partial charge in [-0.1, -0.05) is 0 Å². The van der Waals surface area contributed by atoms with Crippen LogP contribution in [0.5, 0.6) is 0 Å². The van der Waals surface area contributed by atoms with Gasteiger partial charge in [0.15, 0.2) is 11.6 Å². The van der Waals surface area contributed by atoms with Crippen LogP contribution in [-0.2, 0) is 4.74 Å². The SMILES string of the molecule is Cc1ccc(N2CCC[C@]3(C[C@@H](Nc4ncc(F)cn4)CO3)C2)nn1. The zero-order chi connectivity index (χ0) is 17.3. The summed E-state index contributed by atoms with van der Waals surface area (Å²) in [6.07, 6.45) is 5.27. The number of rotatable bonds is 3. The summed E-state index contributed by atoms with van der Waals surface area (Å²) in [6.45, 7) is 4.28. The lowest BCUT2D eigenvalue weighted by Gasteiger charge is -2.40. The summed E-state index contributed by atoms with van der Waals surface area (Å²) < 4.78 is 19.1. The number of hydrogen-bond acceptors (Lipinski definition) is 7. The zero-order valence-corrected chi connectivity index (χ0v) is 14.2. The molecule has 4 heterocycles. The van der Waals surface area contributed by atoms with Crippen molar-refractivity contribution in [3.05, 3.63) is 36.0 Å². The first-order valence-corrected chi connectivity index (χ1v) is 8.55. The third-order valence-corrected chi connectivity index (χ3v) is 4.81. The van der Waals surface area contributed by atoms with E-state index >= 15 is 0 Å². The fourth-order valence-corrected chi connectivity index (χ4v) is 3.64. The summed E-state index contributed by atoms with van der Waals surface area (Å²) in [4.78, 5) is 10.2. The minimum atomic E-state index is -0.438. The molecule has 7 nitrogen and oxygen atoms in total. The molecule has 25 heavy (non-hydrogen) atoms. The van der Waals surface area contributed by atoms with E-state index in [1.165, 1.54) is 12.4 Å². The Morgan fingerprint density at radius 2 is 2.12 bits per heavy atom. The molecule has 132 valence electrons. The van der Waals surface area contributed by atoms with E-state index in [0.29, 0.717) is 12.6 Å². The molecule has 0 radical (unpaired) electrons. The summed E-state index contributed by atoms with van der Waals surface area (Å²) >= 11 is 0. The van der Waals surface area contributed by atoms with Crippen LogP contribution in [0.4, 0.5) is 16.2 Å². The molecule has 2 aromatic heterocycles. The van der Waals surface area contributed by atoms with Crippen LogP contribution in [0.1, 0.15) is 25.0 Å². The summed E-state index contributed by atoms with van der Waals surface area (Å²) in [5.41, 5.74) is 0.721. The zero-order valence-electron chi connectivity index (χ0n) is 14.2. The van der Waals surface area contributed by atoms with Crippen LogP contribution in [0, 0.1) is 12.7 Å². The molecule has 1 spiro atoms. The van der Waals surface area contributed by atoms with Gasteiger partial charge in [0, 0.05) is 19.5 Å². The van der Waals surface area contributed by atoms with Gasteiger partial charge >= 0.3 is 0 Å². The van der Waals surface area contributed by atoms with Gasteiger partial charge in [0.2, 0.25) is 5.95 Å². The highest BCUT2D eigenvalue weighted by molar-refractivity contribution is 5.39. The van der Waals surface area contributed by atoms with Crippen LogP contribution < -0.4 is 10.2 Å². The van der Waals surface area contributed by atoms with Crippen LogP contribution in [0.3, 0.4) is 0 Å². The van der Waals surface area contributed by atoms with E-state index in [2.05, 4.69) is 30.4 Å². The van der Waals surface area contributed by atoms with Crippen LogP contribution in [0.15, 0.2) is 24.5 Å². The van der Waals surface area contributed by atoms with E-state index in [1.807, 2.05) is 19.1 Å². The number of anilines is 2. The Kier molecular flexibility index (Phi) is 4.20. The lowest BCUT2D eigenvalue weighted by Crippen LogP contribution is -2.48. The molecule has 2 atom stereocenters. The summed E-state index contributed by atoms with van der Waals surface area (Å²) in [5.74, 6) is 0.891. The van der Waals surface area contributed by atoms with Gasteiger partial charge in [-0.05, 0) is 31.9 Å². The molecule has 2 aromatic rings. The molecular formula is C17H21FN6O. The van der Waals surface area contributed by atoms with Crippen LogP contribution in [0.25, 0.3) is 0 Å². The van der Waals surface area contributed by atoms with Crippen LogP contribution in [-0.4, -0.2) is 51.5 Å². The highest BCUT2D eigenvalue weighted by atomic mass is 19.1. The minimum absolute atomic E-state index is 0.120. The first-order chi connectivity index (χ1) is 12.1. The van der Waals surface area contributed by atoms with Crippen molar-refractivity contribution in [3.63, 3.8) is 0 Å². The van der Waals surface area contributed by atoms with Crippen molar-refractivity contribution >= 4 is 11.8 Å². The second kappa shape index (κ2) is 6.51. The van der Waals surface area contributed by atoms with E-state index in [9.17, 15) is 4.39 Å². The molecule has 0 amide bonds. The molecule has 2 saturated heterocycles. The Bertz CT molecular complexity index is 725. The summed E-state index contributed by atoms with van der Waals surface area (Å²) in [5, 5.41) is 11.7. The van der Waals surface area contributed by atoms with E-state index < -0.39 is 5.82 Å². The summed E-state index contributed by atoms with van der Waals surface area (Å²) in [7, 11) is 0. The molecule has 4 rings (SSSR count). The lowest BCUT2D eigenvalue weighted by molar-refractivity contribution is -0.00654. The second-order valence-corrected chi connectivity index (χ2v) is 6.82. The van der Waals surface area contributed by atoms with Crippen molar-refractivity contribution in [1.82, 2.24) is 20.2 Å². The van der Waals surface area contributed by atoms with E-state index in [-0.39, 0.29) is 11.6 Å². The summed E-state index contributed by atoms with van der Waals surface area (Å²) in [6, 6.07) is 4.11. The predicted octanol–water partition coefficient (Wildman–Crippen LogP) is 1.95. The first kappa shape index (κ1) is 16.1. The number of ether oxygens (including phenoxy) is 1.